The minimum absolute atomic E-state index is 0.197. The average Bonchev–Trinajstić information content (AvgIpc) is 3.33. The Kier molecular flexibility index (Phi) is 5.28. The van der Waals surface area contributed by atoms with Crippen LogP contribution in [0.3, 0.4) is 0 Å². The van der Waals surface area contributed by atoms with Crippen LogP contribution < -0.4 is 0 Å². The average molecular weight is 418 g/mol. The van der Waals surface area contributed by atoms with Crippen LogP contribution in [0.1, 0.15) is 26.3 Å². The van der Waals surface area contributed by atoms with Crippen molar-refractivity contribution in [3.8, 4) is 11.3 Å². The zero-order valence-electron chi connectivity index (χ0n) is 18.7. The predicted octanol–water partition coefficient (Wildman–Crippen LogP) is 4.50. The van der Waals surface area contributed by atoms with E-state index in [-0.39, 0.29) is 5.41 Å². The van der Waals surface area contributed by atoms with E-state index in [0.717, 1.165) is 68.2 Å². The molecule has 0 amide bonds. The first-order valence-electron chi connectivity index (χ1n) is 11.2. The quantitative estimate of drug-likeness (QED) is 0.519. The van der Waals surface area contributed by atoms with Crippen LogP contribution >= 0.6 is 0 Å². The van der Waals surface area contributed by atoms with Gasteiger partial charge in [-0.3, -0.25) is 4.90 Å². The van der Waals surface area contributed by atoms with E-state index in [1.807, 2.05) is 6.20 Å². The molecular weight excluding hydrogens is 386 g/mol. The highest BCUT2D eigenvalue weighted by atomic mass is 16.5. The molecule has 4 heterocycles. The molecule has 0 aliphatic carbocycles. The van der Waals surface area contributed by atoms with Crippen LogP contribution in [0.4, 0.5) is 0 Å². The van der Waals surface area contributed by atoms with Crippen LogP contribution in [0.15, 0.2) is 42.9 Å². The van der Waals surface area contributed by atoms with Gasteiger partial charge in [-0.2, -0.15) is 0 Å². The molecule has 6 heteroatoms. The number of benzene rings is 1. The molecule has 1 saturated heterocycles. The summed E-state index contributed by atoms with van der Waals surface area (Å²) in [4.78, 5) is 15.5. The molecule has 0 spiro atoms. The summed E-state index contributed by atoms with van der Waals surface area (Å²) in [5.41, 5.74) is 6.60. The molecule has 1 aromatic carbocycles. The lowest BCUT2D eigenvalue weighted by molar-refractivity contribution is 0.0365. The predicted molar refractivity (Wildman–Crippen MR) is 125 cm³/mol. The number of ether oxygens (including phenoxy) is 1. The number of morpholine rings is 1. The van der Waals surface area contributed by atoms with Crippen molar-refractivity contribution in [3.63, 3.8) is 0 Å². The number of aromatic nitrogens is 4. The maximum atomic E-state index is 5.49. The van der Waals surface area contributed by atoms with E-state index in [0.29, 0.717) is 0 Å². The van der Waals surface area contributed by atoms with Gasteiger partial charge in [-0.15, -0.1) is 0 Å². The second-order valence-corrected chi connectivity index (χ2v) is 9.71. The highest BCUT2D eigenvalue weighted by Gasteiger charge is 2.18. The Balaban J connectivity index is 1.51. The number of nitrogens with zero attached hydrogens (tertiary/aromatic N) is 4. The Morgan fingerprint density at radius 3 is 2.71 bits per heavy atom. The van der Waals surface area contributed by atoms with E-state index in [9.17, 15) is 0 Å². The fraction of sp³-hybridized carbons (Fsp3) is 0.440. The summed E-state index contributed by atoms with van der Waals surface area (Å²) in [6, 6.07) is 8.60. The van der Waals surface area contributed by atoms with E-state index in [1.165, 1.54) is 16.5 Å². The molecular formula is C25H31N5O. The van der Waals surface area contributed by atoms with E-state index < -0.39 is 0 Å². The van der Waals surface area contributed by atoms with Gasteiger partial charge in [-0.1, -0.05) is 39.0 Å². The third-order valence-electron chi connectivity index (χ3n) is 6.01. The minimum atomic E-state index is 0.197. The van der Waals surface area contributed by atoms with Crippen LogP contribution in [-0.4, -0.2) is 57.3 Å². The van der Waals surface area contributed by atoms with Crippen molar-refractivity contribution >= 4 is 22.1 Å². The molecule has 1 aliphatic heterocycles. The van der Waals surface area contributed by atoms with Gasteiger partial charge in [0.15, 0.2) is 5.65 Å². The summed E-state index contributed by atoms with van der Waals surface area (Å²) in [6.45, 7) is 12.4. The standard InChI is InChI=1S/C25H31N5O/c1-25(2,3)14-18-15-26-24-23(18)28-21(16-27-24)20-17-30(22-7-5-4-6-19(20)22)9-8-29-10-12-31-13-11-29/h4-7,15-17H,8-14H2,1-3H3,(H,26,27). The number of aromatic amines is 1. The Morgan fingerprint density at radius 1 is 1.10 bits per heavy atom. The molecule has 3 aromatic heterocycles. The van der Waals surface area contributed by atoms with E-state index in [1.54, 1.807) is 0 Å². The fourth-order valence-corrected chi connectivity index (χ4v) is 4.49. The van der Waals surface area contributed by atoms with Crippen molar-refractivity contribution < 1.29 is 4.74 Å². The van der Waals surface area contributed by atoms with Gasteiger partial charge in [-0.05, 0) is 23.5 Å². The Labute approximate surface area is 183 Å². The van der Waals surface area contributed by atoms with Gasteiger partial charge < -0.3 is 14.3 Å². The first kappa shape index (κ1) is 20.2. The lowest BCUT2D eigenvalue weighted by Crippen LogP contribution is -2.38. The highest BCUT2D eigenvalue weighted by molar-refractivity contribution is 5.95. The molecule has 0 bridgehead atoms. The van der Waals surface area contributed by atoms with E-state index in [4.69, 9.17) is 14.7 Å². The molecule has 0 saturated carbocycles. The zero-order valence-corrected chi connectivity index (χ0v) is 18.7. The summed E-state index contributed by atoms with van der Waals surface area (Å²) in [5, 5.41) is 1.23. The number of hydrogen-bond donors (Lipinski definition) is 1. The number of rotatable bonds is 5. The topological polar surface area (TPSA) is 59.0 Å². The maximum Gasteiger partial charge on any atom is 0.156 e. The molecule has 162 valence electrons. The van der Waals surface area contributed by atoms with Crippen molar-refractivity contribution in [3.05, 3.63) is 48.4 Å². The van der Waals surface area contributed by atoms with Crippen molar-refractivity contribution in [2.24, 2.45) is 5.41 Å². The summed E-state index contributed by atoms with van der Waals surface area (Å²) < 4.78 is 7.85. The largest absolute Gasteiger partial charge is 0.379 e. The van der Waals surface area contributed by atoms with E-state index in [2.05, 4.69) is 71.9 Å². The van der Waals surface area contributed by atoms with Gasteiger partial charge in [0.2, 0.25) is 0 Å². The Bertz CT molecular complexity index is 1190. The number of H-pyrrole nitrogens is 1. The Morgan fingerprint density at radius 2 is 1.90 bits per heavy atom. The molecule has 1 aliphatic rings. The van der Waals surface area contributed by atoms with Crippen molar-refractivity contribution in [1.29, 1.82) is 0 Å². The van der Waals surface area contributed by atoms with Crippen molar-refractivity contribution in [1.82, 2.24) is 24.4 Å². The third-order valence-corrected chi connectivity index (χ3v) is 6.01. The molecule has 0 atom stereocenters. The normalized spacial score (nSPS) is 15.8. The number of fused-ring (bicyclic) bond motifs is 2. The number of para-hydroxylation sites is 1. The lowest BCUT2D eigenvalue weighted by Gasteiger charge is -2.26. The van der Waals surface area contributed by atoms with Gasteiger partial charge >= 0.3 is 0 Å². The molecule has 4 aromatic rings. The third kappa shape index (κ3) is 4.23. The summed E-state index contributed by atoms with van der Waals surface area (Å²) in [7, 11) is 0. The molecule has 5 rings (SSSR count). The molecule has 31 heavy (non-hydrogen) atoms. The van der Waals surface area contributed by atoms with Gasteiger partial charge in [0.25, 0.3) is 0 Å². The van der Waals surface area contributed by atoms with Gasteiger partial charge in [0, 0.05) is 55.0 Å². The Hall–Kier alpha value is -2.70. The van der Waals surface area contributed by atoms with E-state index >= 15 is 0 Å². The van der Waals surface area contributed by atoms with Crippen LogP contribution in [-0.2, 0) is 17.7 Å². The van der Waals surface area contributed by atoms with Crippen LogP contribution in [0, 0.1) is 5.41 Å². The van der Waals surface area contributed by atoms with Crippen LogP contribution in [0.5, 0.6) is 0 Å². The smallest absolute Gasteiger partial charge is 0.156 e. The van der Waals surface area contributed by atoms with Crippen LogP contribution in [0.2, 0.25) is 0 Å². The molecule has 6 nitrogen and oxygen atoms in total. The second-order valence-electron chi connectivity index (χ2n) is 9.71. The fourth-order valence-electron chi connectivity index (χ4n) is 4.49. The first-order chi connectivity index (χ1) is 15.0. The van der Waals surface area contributed by atoms with Gasteiger partial charge in [0.1, 0.15) is 5.52 Å². The maximum absolute atomic E-state index is 5.49. The number of nitrogens with one attached hydrogen (secondary N) is 1. The highest BCUT2D eigenvalue weighted by Crippen LogP contribution is 2.31. The van der Waals surface area contributed by atoms with Gasteiger partial charge in [0.05, 0.1) is 25.1 Å². The molecule has 1 N–H and O–H groups in total. The van der Waals surface area contributed by atoms with Gasteiger partial charge in [-0.25, -0.2) is 9.97 Å². The first-order valence-corrected chi connectivity index (χ1v) is 11.2. The summed E-state index contributed by atoms with van der Waals surface area (Å²) in [5.74, 6) is 0. The monoisotopic (exact) mass is 417 g/mol. The lowest BCUT2D eigenvalue weighted by atomic mass is 9.89. The summed E-state index contributed by atoms with van der Waals surface area (Å²) in [6.07, 6.45) is 7.17. The molecule has 0 unspecified atom stereocenters. The second kappa shape index (κ2) is 8.09. The SMILES string of the molecule is CC(C)(C)Cc1c[nH]c2ncc(-c3cn(CCN4CCOCC4)c4ccccc34)nc12. The van der Waals surface area contributed by atoms with Crippen LogP contribution in [0.25, 0.3) is 33.3 Å². The minimum Gasteiger partial charge on any atom is -0.379 e. The molecule has 0 radical (unpaired) electrons. The van der Waals surface area contributed by atoms with Crippen molar-refractivity contribution in [2.45, 2.75) is 33.7 Å². The summed E-state index contributed by atoms with van der Waals surface area (Å²) >= 11 is 0. The number of hydrogen-bond acceptors (Lipinski definition) is 4. The molecule has 1 fully saturated rings. The van der Waals surface area contributed by atoms with Crippen molar-refractivity contribution in [2.75, 3.05) is 32.8 Å². The zero-order chi connectivity index (χ0) is 21.4.